The molecule has 1 aliphatic rings. The second-order valence-electron chi connectivity index (χ2n) is 4.28. The summed E-state index contributed by atoms with van der Waals surface area (Å²) in [6, 6.07) is 6.42. The van der Waals surface area contributed by atoms with E-state index in [1.165, 1.54) is 19.3 Å². The van der Waals surface area contributed by atoms with Gasteiger partial charge in [-0.25, -0.2) is 4.98 Å². The van der Waals surface area contributed by atoms with Gasteiger partial charge in [0.2, 0.25) is 0 Å². The number of hydrogen-bond donors (Lipinski definition) is 1. The van der Waals surface area contributed by atoms with E-state index in [0.29, 0.717) is 16.7 Å². The van der Waals surface area contributed by atoms with Crippen LogP contribution in [-0.4, -0.2) is 22.6 Å². The molecule has 1 fully saturated rings. The van der Waals surface area contributed by atoms with Crippen molar-refractivity contribution >= 4 is 23.0 Å². The molecular formula is C12H17N3S. The zero-order chi connectivity index (χ0) is 11.5. The number of piperidine rings is 1. The molecule has 1 atom stereocenters. The van der Waals surface area contributed by atoms with Crippen LogP contribution in [0.1, 0.15) is 31.9 Å². The van der Waals surface area contributed by atoms with E-state index >= 15 is 0 Å². The lowest BCUT2D eigenvalue weighted by molar-refractivity contribution is 0.481. The fraction of sp³-hybridized carbons (Fsp3) is 0.500. The van der Waals surface area contributed by atoms with Gasteiger partial charge in [-0.2, -0.15) is 0 Å². The molecule has 0 aromatic carbocycles. The summed E-state index contributed by atoms with van der Waals surface area (Å²) in [4.78, 5) is 7.21. The summed E-state index contributed by atoms with van der Waals surface area (Å²) in [6.07, 6.45) is 3.79. The number of rotatable bonds is 2. The Balaban J connectivity index is 2.25. The third kappa shape index (κ3) is 2.32. The van der Waals surface area contributed by atoms with Crippen LogP contribution in [-0.2, 0) is 0 Å². The van der Waals surface area contributed by atoms with Crippen molar-refractivity contribution in [3.8, 4) is 0 Å². The fourth-order valence-corrected chi connectivity index (χ4v) is 2.27. The number of aromatic nitrogens is 1. The Kier molecular flexibility index (Phi) is 3.39. The van der Waals surface area contributed by atoms with Gasteiger partial charge in [0.05, 0.1) is 5.69 Å². The molecule has 1 aliphatic heterocycles. The Labute approximate surface area is 102 Å². The number of nitrogens with zero attached hydrogens (tertiary/aromatic N) is 2. The molecule has 0 aliphatic carbocycles. The third-order valence-electron chi connectivity index (χ3n) is 3.08. The molecule has 0 spiro atoms. The lowest BCUT2D eigenvalue weighted by atomic mass is 10.0. The summed E-state index contributed by atoms with van der Waals surface area (Å²) in [5, 5.41) is 0. The zero-order valence-electron chi connectivity index (χ0n) is 9.52. The molecule has 0 saturated carbocycles. The molecule has 1 aromatic rings. The minimum Gasteiger partial charge on any atom is -0.388 e. The molecule has 1 unspecified atom stereocenters. The highest BCUT2D eigenvalue weighted by Crippen LogP contribution is 2.22. The topological polar surface area (TPSA) is 42.1 Å². The van der Waals surface area contributed by atoms with Crippen LogP contribution in [0.4, 0.5) is 5.82 Å². The van der Waals surface area contributed by atoms with E-state index in [9.17, 15) is 0 Å². The minimum absolute atomic E-state index is 0.367. The van der Waals surface area contributed by atoms with Gasteiger partial charge in [0.15, 0.2) is 0 Å². The molecule has 0 radical (unpaired) electrons. The van der Waals surface area contributed by atoms with Gasteiger partial charge in [-0.1, -0.05) is 18.3 Å². The van der Waals surface area contributed by atoms with Crippen LogP contribution in [0, 0.1) is 0 Å². The van der Waals surface area contributed by atoms with Crippen LogP contribution < -0.4 is 10.6 Å². The SMILES string of the molecule is CC1CCCCN1c1cccc(C(N)=S)n1. The standard InChI is InChI=1S/C12H17N3S/c1-9-5-2-3-8-15(9)11-7-4-6-10(14-11)12(13)16/h4,6-7,9H,2-3,5,8H2,1H3,(H2,13,16). The summed E-state index contributed by atoms with van der Waals surface area (Å²) >= 11 is 4.95. The molecule has 16 heavy (non-hydrogen) atoms. The maximum atomic E-state index is 5.60. The van der Waals surface area contributed by atoms with Crippen molar-refractivity contribution in [2.45, 2.75) is 32.2 Å². The first kappa shape index (κ1) is 11.3. The average Bonchev–Trinajstić information content (AvgIpc) is 2.30. The normalized spacial score (nSPS) is 20.8. The predicted molar refractivity (Wildman–Crippen MR) is 70.8 cm³/mol. The van der Waals surface area contributed by atoms with Crippen molar-refractivity contribution in [2.75, 3.05) is 11.4 Å². The van der Waals surface area contributed by atoms with Crippen LogP contribution in [0.25, 0.3) is 0 Å². The van der Waals surface area contributed by atoms with Crippen LogP contribution in [0.15, 0.2) is 18.2 Å². The Morgan fingerprint density at radius 1 is 1.50 bits per heavy atom. The predicted octanol–water partition coefficient (Wildman–Crippen LogP) is 2.09. The molecule has 1 saturated heterocycles. The molecular weight excluding hydrogens is 218 g/mol. The number of nitrogens with two attached hydrogens (primary N) is 1. The van der Waals surface area contributed by atoms with E-state index in [1.807, 2.05) is 18.2 Å². The average molecular weight is 235 g/mol. The monoisotopic (exact) mass is 235 g/mol. The molecule has 1 aromatic heterocycles. The van der Waals surface area contributed by atoms with Gasteiger partial charge < -0.3 is 10.6 Å². The molecule has 2 heterocycles. The van der Waals surface area contributed by atoms with E-state index in [1.54, 1.807) is 0 Å². The molecule has 3 nitrogen and oxygen atoms in total. The molecule has 4 heteroatoms. The van der Waals surface area contributed by atoms with Gasteiger partial charge >= 0.3 is 0 Å². The molecule has 0 bridgehead atoms. The Morgan fingerprint density at radius 3 is 3.00 bits per heavy atom. The van der Waals surface area contributed by atoms with Crippen molar-refractivity contribution in [2.24, 2.45) is 5.73 Å². The maximum absolute atomic E-state index is 5.60. The fourth-order valence-electron chi connectivity index (χ4n) is 2.16. The number of anilines is 1. The molecule has 86 valence electrons. The molecule has 2 rings (SSSR count). The van der Waals surface area contributed by atoms with Gasteiger partial charge in [0, 0.05) is 12.6 Å². The van der Waals surface area contributed by atoms with Gasteiger partial charge in [0.25, 0.3) is 0 Å². The maximum Gasteiger partial charge on any atom is 0.129 e. The minimum atomic E-state index is 0.367. The van der Waals surface area contributed by atoms with E-state index in [0.717, 1.165) is 12.4 Å². The zero-order valence-corrected chi connectivity index (χ0v) is 10.3. The second-order valence-corrected chi connectivity index (χ2v) is 4.72. The number of hydrogen-bond acceptors (Lipinski definition) is 3. The van der Waals surface area contributed by atoms with E-state index < -0.39 is 0 Å². The summed E-state index contributed by atoms with van der Waals surface area (Å²) in [7, 11) is 0. The highest BCUT2D eigenvalue weighted by atomic mass is 32.1. The molecule has 2 N–H and O–H groups in total. The summed E-state index contributed by atoms with van der Waals surface area (Å²) in [6.45, 7) is 3.32. The summed E-state index contributed by atoms with van der Waals surface area (Å²) in [5.74, 6) is 0.998. The number of pyridine rings is 1. The smallest absolute Gasteiger partial charge is 0.129 e. The summed E-state index contributed by atoms with van der Waals surface area (Å²) < 4.78 is 0. The van der Waals surface area contributed by atoms with E-state index in [2.05, 4.69) is 16.8 Å². The first-order valence-corrected chi connectivity index (χ1v) is 6.13. The van der Waals surface area contributed by atoms with Gasteiger partial charge in [0.1, 0.15) is 10.8 Å². The van der Waals surface area contributed by atoms with Crippen LogP contribution in [0.3, 0.4) is 0 Å². The van der Waals surface area contributed by atoms with Crippen molar-refractivity contribution < 1.29 is 0 Å². The van der Waals surface area contributed by atoms with E-state index in [-0.39, 0.29) is 0 Å². The Morgan fingerprint density at radius 2 is 2.31 bits per heavy atom. The first-order chi connectivity index (χ1) is 7.68. The second kappa shape index (κ2) is 4.78. The highest BCUT2D eigenvalue weighted by molar-refractivity contribution is 7.80. The molecule has 0 amide bonds. The van der Waals surface area contributed by atoms with Gasteiger partial charge in [-0.05, 0) is 38.3 Å². The van der Waals surface area contributed by atoms with Crippen LogP contribution >= 0.6 is 12.2 Å². The van der Waals surface area contributed by atoms with Crippen molar-refractivity contribution in [3.63, 3.8) is 0 Å². The third-order valence-corrected chi connectivity index (χ3v) is 3.29. The Hall–Kier alpha value is -1.16. The lowest BCUT2D eigenvalue weighted by Gasteiger charge is -2.34. The van der Waals surface area contributed by atoms with Gasteiger partial charge in [-0.15, -0.1) is 0 Å². The van der Waals surface area contributed by atoms with Crippen molar-refractivity contribution in [1.29, 1.82) is 0 Å². The van der Waals surface area contributed by atoms with Crippen LogP contribution in [0.5, 0.6) is 0 Å². The van der Waals surface area contributed by atoms with E-state index in [4.69, 9.17) is 18.0 Å². The summed E-state index contributed by atoms with van der Waals surface area (Å²) in [5.41, 5.74) is 6.31. The highest BCUT2D eigenvalue weighted by Gasteiger charge is 2.19. The van der Waals surface area contributed by atoms with Crippen LogP contribution in [0.2, 0.25) is 0 Å². The quantitative estimate of drug-likeness (QED) is 0.797. The lowest BCUT2D eigenvalue weighted by Crippen LogP contribution is -2.38. The number of thiocarbonyl (C=S) groups is 1. The van der Waals surface area contributed by atoms with Crippen molar-refractivity contribution in [1.82, 2.24) is 4.98 Å². The first-order valence-electron chi connectivity index (χ1n) is 5.72. The van der Waals surface area contributed by atoms with Gasteiger partial charge in [-0.3, -0.25) is 0 Å². The van der Waals surface area contributed by atoms with Crippen molar-refractivity contribution in [3.05, 3.63) is 23.9 Å². The largest absolute Gasteiger partial charge is 0.388 e. The Bertz CT molecular complexity index is 392.